The Bertz CT molecular complexity index is 1170. The first-order chi connectivity index (χ1) is 14.3. The lowest BCUT2D eigenvalue weighted by Gasteiger charge is -2.14. The van der Waals surface area contributed by atoms with Crippen LogP contribution in [0.25, 0.3) is 0 Å². The van der Waals surface area contributed by atoms with E-state index in [0.29, 0.717) is 5.75 Å². The minimum Gasteiger partial charge on any atom is -0.497 e. The third-order valence-corrected chi connectivity index (χ3v) is 6.29. The Morgan fingerprint density at radius 2 is 1.70 bits per heavy atom. The summed E-state index contributed by atoms with van der Waals surface area (Å²) in [6.07, 6.45) is 0. The summed E-state index contributed by atoms with van der Waals surface area (Å²) in [7, 11) is -2.48. The lowest BCUT2D eigenvalue weighted by atomic mass is 10.1. The first kappa shape index (κ1) is 22.0. The van der Waals surface area contributed by atoms with E-state index in [9.17, 15) is 13.2 Å². The van der Waals surface area contributed by atoms with Crippen molar-refractivity contribution < 1.29 is 17.9 Å². The maximum atomic E-state index is 12.8. The van der Waals surface area contributed by atoms with Gasteiger partial charge >= 0.3 is 0 Å². The van der Waals surface area contributed by atoms with Crippen molar-refractivity contribution in [2.75, 3.05) is 11.8 Å². The molecule has 0 saturated heterocycles. The van der Waals surface area contributed by atoms with Gasteiger partial charge in [-0.15, -0.1) is 0 Å². The molecule has 0 aliphatic rings. The number of sulfonamides is 1. The molecule has 156 valence electrons. The third kappa shape index (κ3) is 5.24. The molecule has 0 bridgehead atoms. The molecule has 3 aromatic rings. The van der Waals surface area contributed by atoms with Crippen LogP contribution in [-0.4, -0.2) is 21.4 Å². The van der Waals surface area contributed by atoms with E-state index in [1.807, 2.05) is 12.1 Å². The summed E-state index contributed by atoms with van der Waals surface area (Å²) in [6.45, 7) is 0.268. The van der Waals surface area contributed by atoms with E-state index in [1.165, 1.54) is 30.3 Å². The highest BCUT2D eigenvalue weighted by atomic mass is 35.5. The average molecular weight is 465 g/mol. The van der Waals surface area contributed by atoms with Crippen molar-refractivity contribution in [3.05, 3.63) is 87.9 Å². The number of methoxy groups -OCH3 is 1. The smallest absolute Gasteiger partial charge is 0.263 e. The molecule has 3 rings (SSSR count). The zero-order valence-electron chi connectivity index (χ0n) is 15.9. The summed E-state index contributed by atoms with van der Waals surface area (Å²) in [4.78, 5) is 12.5. The second-order valence-electron chi connectivity index (χ2n) is 6.26. The highest BCUT2D eigenvalue weighted by Gasteiger charge is 2.21. The van der Waals surface area contributed by atoms with Crippen LogP contribution in [0.1, 0.15) is 15.9 Å². The normalized spacial score (nSPS) is 11.0. The van der Waals surface area contributed by atoms with Gasteiger partial charge < -0.3 is 10.1 Å². The maximum absolute atomic E-state index is 12.8. The Kier molecular flexibility index (Phi) is 6.87. The minimum absolute atomic E-state index is 0.0216. The number of halogens is 2. The van der Waals surface area contributed by atoms with Crippen molar-refractivity contribution in [3.63, 3.8) is 0 Å². The monoisotopic (exact) mass is 464 g/mol. The van der Waals surface area contributed by atoms with Gasteiger partial charge in [0.1, 0.15) is 10.6 Å². The number of carbonyl (C=O) groups excluding carboxylic acids is 1. The second-order valence-corrected chi connectivity index (χ2v) is 8.75. The van der Waals surface area contributed by atoms with Crippen molar-refractivity contribution in [3.8, 4) is 5.75 Å². The molecule has 1 amide bonds. The molecular formula is C21H18Cl2N2O4S. The van der Waals surface area contributed by atoms with Crippen molar-refractivity contribution in [2.45, 2.75) is 11.4 Å². The second kappa shape index (κ2) is 9.38. The molecule has 0 aliphatic heterocycles. The molecule has 30 heavy (non-hydrogen) atoms. The van der Waals surface area contributed by atoms with Gasteiger partial charge in [0, 0.05) is 11.6 Å². The fourth-order valence-electron chi connectivity index (χ4n) is 2.67. The Labute approximate surface area is 184 Å². The zero-order valence-corrected chi connectivity index (χ0v) is 18.2. The van der Waals surface area contributed by atoms with Crippen molar-refractivity contribution in [1.82, 2.24) is 5.32 Å². The lowest BCUT2D eigenvalue weighted by Crippen LogP contribution is -2.25. The van der Waals surface area contributed by atoms with E-state index in [2.05, 4.69) is 10.0 Å². The summed E-state index contributed by atoms with van der Waals surface area (Å²) >= 11 is 11.9. The molecule has 0 aliphatic carbocycles. The zero-order chi connectivity index (χ0) is 21.7. The van der Waals surface area contributed by atoms with Crippen molar-refractivity contribution in [2.24, 2.45) is 0 Å². The van der Waals surface area contributed by atoms with Crippen molar-refractivity contribution in [1.29, 1.82) is 0 Å². The molecule has 3 aromatic carbocycles. The van der Waals surface area contributed by atoms with E-state index >= 15 is 0 Å². The molecule has 0 aromatic heterocycles. The Morgan fingerprint density at radius 1 is 1.00 bits per heavy atom. The molecule has 0 fully saturated rings. The molecule has 6 nitrogen and oxygen atoms in total. The summed E-state index contributed by atoms with van der Waals surface area (Å²) in [5, 5.41) is 3.03. The number of ether oxygens (including phenoxy) is 1. The number of benzene rings is 3. The quantitative estimate of drug-likeness (QED) is 0.528. The fourth-order valence-corrected chi connectivity index (χ4v) is 4.52. The summed E-state index contributed by atoms with van der Waals surface area (Å²) in [6, 6.07) is 17.7. The largest absolute Gasteiger partial charge is 0.497 e. The number of hydrogen-bond donors (Lipinski definition) is 2. The number of amides is 1. The summed E-state index contributed by atoms with van der Waals surface area (Å²) in [5.74, 6) is 0.283. The van der Waals surface area contributed by atoms with Crippen LogP contribution in [-0.2, 0) is 16.6 Å². The van der Waals surface area contributed by atoms with Crippen LogP contribution in [0.5, 0.6) is 5.75 Å². The Morgan fingerprint density at radius 3 is 2.40 bits per heavy atom. The van der Waals surface area contributed by atoms with Gasteiger partial charge in [-0.25, -0.2) is 8.42 Å². The Balaban J connectivity index is 1.79. The van der Waals surface area contributed by atoms with Gasteiger partial charge in [0.15, 0.2) is 0 Å². The molecule has 0 spiro atoms. The molecule has 0 unspecified atom stereocenters. The topological polar surface area (TPSA) is 84.5 Å². The number of carbonyl (C=O) groups is 1. The lowest BCUT2D eigenvalue weighted by molar-refractivity contribution is 0.0952. The minimum atomic E-state index is -4.06. The van der Waals surface area contributed by atoms with Crippen LogP contribution in [0.2, 0.25) is 10.0 Å². The molecule has 0 saturated carbocycles. The number of rotatable bonds is 7. The van der Waals surface area contributed by atoms with Crippen LogP contribution in [0.3, 0.4) is 0 Å². The molecule has 9 heteroatoms. The molecule has 0 atom stereocenters. The highest BCUT2D eigenvalue weighted by molar-refractivity contribution is 7.92. The number of anilines is 1. The van der Waals surface area contributed by atoms with Crippen LogP contribution in [0, 0.1) is 0 Å². The molecule has 2 N–H and O–H groups in total. The fraction of sp³-hybridized carbons (Fsp3) is 0.0952. The van der Waals surface area contributed by atoms with Gasteiger partial charge in [-0.1, -0.05) is 47.5 Å². The van der Waals surface area contributed by atoms with Crippen LogP contribution in [0.4, 0.5) is 5.69 Å². The van der Waals surface area contributed by atoms with Crippen LogP contribution in [0.15, 0.2) is 71.6 Å². The first-order valence-corrected chi connectivity index (χ1v) is 11.0. The first-order valence-electron chi connectivity index (χ1n) is 8.78. The van der Waals surface area contributed by atoms with E-state index in [0.717, 1.165) is 5.56 Å². The van der Waals surface area contributed by atoms with E-state index < -0.39 is 15.9 Å². The van der Waals surface area contributed by atoms with Gasteiger partial charge in [-0.2, -0.15) is 0 Å². The van der Waals surface area contributed by atoms with Crippen LogP contribution >= 0.6 is 23.2 Å². The molecule has 0 heterocycles. The van der Waals surface area contributed by atoms with Gasteiger partial charge in [0.2, 0.25) is 0 Å². The SMILES string of the molecule is COc1ccc(CNC(=O)c2ccccc2NS(=O)(=O)c2cc(Cl)ccc2Cl)cc1. The predicted octanol–water partition coefficient (Wildman–Crippen LogP) is 4.73. The summed E-state index contributed by atoms with van der Waals surface area (Å²) in [5.41, 5.74) is 1.17. The van der Waals surface area contributed by atoms with Gasteiger partial charge in [-0.05, 0) is 48.0 Å². The maximum Gasteiger partial charge on any atom is 0.263 e. The Hall–Kier alpha value is -2.74. The number of nitrogens with one attached hydrogen (secondary N) is 2. The molecular weight excluding hydrogens is 447 g/mol. The van der Waals surface area contributed by atoms with E-state index in [-0.39, 0.29) is 32.7 Å². The number of hydrogen-bond acceptors (Lipinski definition) is 4. The van der Waals surface area contributed by atoms with E-state index in [4.69, 9.17) is 27.9 Å². The van der Waals surface area contributed by atoms with Gasteiger partial charge in [-0.3, -0.25) is 9.52 Å². The van der Waals surface area contributed by atoms with Crippen LogP contribution < -0.4 is 14.8 Å². The predicted molar refractivity (Wildman–Crippen MR) is 118 cm³/mol. The van der Waals surface area contributed by atoms with Gasteiger partial charge in [0.25, 0.3) is 15.9 Å². The van der Waals surface area contributed by atoms with Crippen molar-refractivity contribution >= 4 is 44.8 Å². The van der Waals surface area contributed by atoms with E-state index in [1.54, 1.807) is 31.4 Å². The highest BCUT2D eigenvalue weighted by Crippen LogP contribution is 2.28. The molecule has 0 radical (unpaired) electrons. The van der Waals surface area contributed by atoms with Gasteiger partial charge in [0.05, 0.1) is 23.4 Å². The third-order valence-electron chi connectivity index (χ3n) is 4.21. The number of para-hydroxylation sites is 1. The summed E-state index contributed by atoms with van der Waals surface area (Å²) < 4.78 is 33.1. The average Bonchev–Trinajstić information content (AvgIpc) is 2.74. The standard InChI is InChI=1S/C21H18Cl2N2O4S/c1-29-16-9-6-14(7-10-16)13-24-21(26)17-4-2-3-5-19(17)25-30(27,28)20-12-15(22)8-11-18(20)23/h2-12,25H,13H2,1H3,(H,24,26).